The minimum absolute atomic E-state index is 0.0723. The van der Waals surface area contributed by atoms with Gasteiger partial charge < -0.3 is 10.4 Å². The molecule has 29 heavy (non-hydrogen) atoms. The van der Waals surface area contributed by atoms with Crippen molar-refractivity contribution >= 4 is 11.9 Å². The summed E-state index contributed by atoms with van der Waals surface area (Å²) >= 11 is 0. The first-order valence-electron chi connectivity index (χ1n) is 8.78. The lowest BCUT2D eigenvalue weighted by molar-refractivity contribution is 0.0690. The maximum atomic E-state index is 14.2. The Morgan fingerprint density at radius 2 is 1.93 bits per heavy atom. The first-order valence-corrected chi connectivity index (χ1v) is 8.78. The minimum Gasteiger partial charge on any atom is -0.476 e. The number of carboxylic acid groups (broad SMARTS) is 1. The summed E-state index contributed by atoms with van der Waals surface area (Å²) in [5.41, 5.74) is 1.63. The highest BCUT2D eigenvalue weighted by molar-refractivity contribution is 5.91. The van der Waals surface area contributed by atoms with Crippen molar-refractivity contribution in [3.05, 3.63) is 53.4 Å². The number of hydrogen-bond acceptors (Lipinski definition) is 7. The molecular weight excluding hydrogens is 383 g/mol. The van der Waals surface area contributed by atoms with Crippen LogP contribution in [0.2, 0.25) is 0 Å². The molecule has 3 rings (SSSR count). The molecule has 0 aliphatic carbocycles. The van der Waals surface area contributed by atoms with E-state index in [1.165, 1.54) is 21.8 Å². The molecule has 0 aromatic carbocycles. The van der Waals surface area contributed by atoms with Gasteiger partial charge in [0.25, 0.3) is 5.91 Å². The van der Waals surface area contributed by atoms with Crippen LogP contribution in [0.5, 0.6) is 0 Å². The SMILES string of the molecule is Cc1ccnc(CNC(=O)c2cn(CC(F)CCn3cc(C(=O)O)nn3)nn2)c1. The van der Waals surface area contributed by atoms with Gasteiger partial charge in [-0.15, -0.1) is 10.2 Å². The van der Waals surface area contributed by atoms with Crippen LogP contribution in [0.15, 0.2) is 30.7 Å². The molecule has 1 unspecified atom stereocenters. The van der Waals surface area contributed by atoms with E-state index < -0.39 is 18.0 Å². The number of nitrogens with zero attached hydrogens (tertiary/aromatic N) is 7. The molecule has 1 amide bonds. The van der Waals surface area contributed by atoms with E-state index in [0.717, 1.165) is 5.56 Å². The van der Waals surface area contributed by atoms with E-state index in [1.54, 1.807) is 6.20 Å². The summed E-state index contributed by atoms with van der Waals surface area (Å²) in [6, 6.07) is 3.72. The van der Waals surface area contributed by atoms with Crippen LogP contribution in [0.4, 0.5) is 4.39 Å². The second kappa shape index (κ2) is 8.99. The van der Waals surface area contributed by atoms with Crippen molar-refractivity contribution < 1.29 is 19.1 Å². The van der Waals surface area contributed by atoms with Gasteiger partial charge in [-0.25, -0.2) is 13.9 Å². The number of halogens is 1. The highest BCUT2D eigenvalue weighted by atomic mass is 19.1. The number of pyridine rings is 1. The summed E-state index contributed by atoms with van der Waals surface area (Å²) in [7, 11) is 0. The molecule has 3 heterocycles. The minimum atomic E-state index is -1.29. The standard InChI is InChI=1S/C17H19FN8O3/c1-11-2-4-19-13(6-11)7-20-16(27)14-9-26(24-21-14)8-12(18)3-5-25-10-15(17(28)29)22-23-25/h2,4,6,9-10,12H,3,5,7-8H2,1H3,(H,20,27)(H,28,29). The lowest BCUT2D eigenvalue weighted by atomic mass is 10.2. The zero-order chi connectivity index (χ0) is 20.8. The third-order valence-electron chi connectivity index (χ3n) is 3.99. The van der Waals surface area contributed by atoms with Gasteiger partial charge in [-0.2, -0.15) is 0 Å². The molecule has 0 fully saturated rings. The maximum absolute atomic E-state index is 14.2. The second-order valence-corrected chi connectivity index (χ2v) is 6.39. The van der Waals surface area contributed by atoms with Gasteiger partial charge in [0, 0.05) is 19.2 Å². The molecule has 0 saturated heterocycles. The van der Waals surface area contributed by atoms with Crippen LogP contribution in [0.1, 0.15) is 38.7 Å². The molecule has 152 valence electrons. The van der Waals surface area contributed by atoms with Crippen LogP contribution in [-0.4, -0.2) is 58.1 Å². The Morgan fingerprint density at radius 3 is 2.66 bits per heavy atom. The number of carboxylic acids is 1. The topological polar surface area (TPSA) is 141 Å². The number of aryl methyl sites for hydroxylation is 2. The number of aromatic carboxylic acids is 1. The second-order valence-electron chi connectivity index (χ2n) is 6.39. The van der Waals surface area contributed by atoms with Gasteiger partial charge >= 0.3 is 5.97 Å². The molecule has 0 aliphatic heterocycles. The van der Waals surface area contributed by atoms with E-state index in [1.807, 2.05) is 19.1 Å². The van der Waals surface area contributed by atoms with E-state index in [4.69, 9.17) is 5.11 Å². The Balaban J connectivity index is 1.47. The largest absolute Gasteiger partial charge is 0.476 e. The quantitative estimate of drug-likeness (QED) is 0.531. The van der Waals surface area contributed by atoms with Crippen LogP contribution in [0.25, 0.3) is 0 Å². The first-order chi connectivity index (χ1) is 13.9. The number of nitrogens with one attached hydrogen (secondary N) is 1. The molecule has 0 radical (unpaired) electrons. The summed E-state index contributed by atoms with van der Waals surface area (Å²) in [6.45, 7) is 2.24. The van der Waals surface area contributed by atoms with E-state index in [0.29, 0.717) is 5.69 Å². The Kier molecular flexibility index (Phi) is 6.22. The van der Waals surface area contributed by atoms with Crippen molar-refractivity contribution in [1.29, 1.82) is 0 Å². The number of hydrogen-bond donors (Lipinski definition) is 2. The molecule has 0 saturated carbocycles. The summed E-state index contributed by atoms with van der Waals surface area (Å²) in [5.74, 6) is -1.63. The maximum Gasteiger partial charge on any atom is 0.358 e. The average molecular weight is 402 g/mol. The number of aromatic nitrogens is 7. The van der Waals surface area contributed by atoms with Gasteiger partial charge in [0.05, 0.1) is 31.2 Å². The van der Waals surface area contributed by atoms with Gasteiger partial charge in [0.15, 0.2) is 11.4 Å². The Hall–Kier alpha value is -3.70. The van der Waals surface area contributed by atoms with Crippen LogP contribution in [0, 0.1) is 6.92 Å². The fraction of sp³-hybridized carbons (Fsp3) is 0.353. The van der Waals surface area contributed by atoms with Crippen LogP contribution in [-0.2, 0) is 19.6 Å². The number of amides is 1. The first kappa shape index (κ1) is 20.0. The predicted molar refractivity (Wildman–Crippen MR) is 96.7 cm³/mol. The third kappa shape index (κ3) is 5.64. The Labute approximate surface area is 164 Å². The van der Waals surface area contributed by atoms with E-state index in [9.17, 15) is 14.0 Å². The molecule has 3 aromatic heterocycles. The zero-order valence-corrected chi connectivity index (χ0v) is 15.6. The fourth-order valence-electron chi connectivity index (χ4n) is 2.52. The van der Waals surface area contributed by atoms with E-state index >= 15 is 0 Å². The van der Waals surface area contributed by atoms with Crippen LogP contribution in [0.3, 0.4) is 0 Å². The van der Waals surface area contributed by atoms with E-state index in [-0.39, 0.29) is 37.4 Å². The molecule has 2 N–H and O–H groups in total. The van der Waals surface area contributed by atoms with Crippen molar-refractivity contribution in [2.45, 2.75) is 39.2 Å². The number of rotatable bonds is 9. The van der Waals surface area contributed by atoms with Gasteiger partial charge in [-0.05, 0) is 24.6 Å². The van der Waals surface area contributed by atoms with Gasteiger partial charge in [-0.3, -0.25) is 14.5 Å². The lowest BCUT2D eigenvalue weighted by Crippen LogP contribution is -2.23. The zero-order valence-electron chi connectivity index (χ0n) is 15.6. The van der Waals surface area contributed by atoms with Crippen molar-refractivity contribution in [2.75, 3.05) is 0 Å². The van der Waals surface area contributed by atoms with Crippen molar-refractivity contribution in [1.82, 2.24) is 40.3 Å². The van der Waals surface area contributed by atoms with Crippen molar-refractivity contribution in [3.63, 3.8) is 0 Å². The Morgan fingerprint density at radius 1 is 1.21 bits per heavy atom. The normalized spacial score (nSPS) is 11.9. The highest BCUT2D eigenvalue weighted by Gasteiger charge is 2.15. The predicted octanol–water partition coefficient (Wildman–Crippen LogP) is 0.630. The van der Waals surface area contributed by atoms with Crippen LogP contribution < -0.4 is 5.32 Å². The third-order valence-corrected chi connectivity index (χ3v) is 3.99. The monoisotopic (exact) mass is 402 g/mol. The van der Waals surface area contributed by atoms with Crippen molar-refractivity contribution in [3.8, 4) is 0 Å². The average Bonchev–Trinajstić information content (AvgIpc) is 3.34. The molecule has 11 nitrogen and oxygen atoms in total. The smallest absolute Gasteiger partial charge is 0.358 e. The van der Waals surface area contributed by atoms with Crippen molar-refractivity contribution in [2.24, 2.45) is 0 Å². The Bertz CT molecular complexity index is 1000. The number of carbonyl (C=O) groups excluding carboxylic acids is 1. The molecule has 3 aromatic rings. The number of alkyl halides is 1. The van der Waals surface area contributed by atoms with Gasteiger partial charge in [-0.1, -0.05) is 10.4 Å². The summed E-state index contributed by atoms with van der Waals surface area (Å²) in [4.78, 5) is 27.1. The highest BCUT2D eigenvalue weighted by Crippen LogP contribution is 2.06. The summed E-state index contributed by atoms with van der Waals surface area (Å²) in [5, 5.41) is 26.1. The summed E-state index contributed by atoms with van der Waals surface area (Å²) < 4.78 is 16.7. The van der Waals surface area contributed by atoms with Gasteiger partial charge in [0.1, 0.15) is 6.17 Å². The van der Waals surface area contributed by atoms with E-state index in [2.05, 4.69) is 30.9 Å². The molecule has 12 heteroatoms. The fourth-order valence-corrected chi connectivity index (χ4v) is 2.52. The molecular formula is C17H19FN8O3. The molecule has 0 bridgehead atoms. The lowest BCUT2D eigenvalue weighted by Gasteiger charge is -2.07. The molecule has 0 spiro atoms. The van der Waals surface area contributed by atoms with Crippen LogP contribution >= 0.6 is 0 Å². The van der Waals surface area contributed by atoms with Gasteiger partial charge in [0.2, 0.25) is 0 Å². The number of carbonyl (C=O) groups is 2. The molecule has 0 aliphatic rings. The summed E-state index contributed by atoms with van der Waals surface area (Å²) in [6.07, 6.45) is 3.04. The molecule has 1 atom stereocenters.